The highest BCUT2D eigenvalue weighted by molar-refractivity contribution is 5.85. The predicted octanol–water partition coefficient (Wildman–Crippen LogP) is 0.964. The van der Waals surface area contributed by atoms with Crippen molar-refractivity contribution in [3.63, 3.8) is 0 Å². The molecule has 6 nitrogen and oxygen atoms in total. The first-order chi connectivity index (χ1) is 7.89. The van der Waals surface area contributed by atoms with Gasteiger partial charge in [0.1, 0.15) is 5.54 Å². The van der Waals surface area contributed by atoms with Gasteiger partial charge in [-0.05, 0) is 19.8 Å². The minimum absolute atomic E-state index is 0.116. The molecule has 0 saturated carbocycles. The normalized spacial score (nSPS) is 15.8. The molecule has 0 rings (SSSR count). The number of carboxylic acid groups (broad SMARTS) is 1. The van der Waals surface area contributed by atoms with E-state index in [-0.39, 0.29) is 6.04 Å². The van der Waals surface area contributed by atoms with E-state index in [1.165, 1.54) is 6.92 Å². The van der Waals surface area contributed by atoms with Gasteiger partial charge in [-0.25, -0.2) is 9.59 Å². The number of carbonyl (C=O) groups excluding carboxylic acids is 1. The Morgan fingerprint density at radius 3 is 2.35 bits per heavy atom. The average molecular weight is 246 g/mol. The molecule has 0 fully saturated rings. The molecule has 2 amide bonds. The van der Waals surface area contributed by atoms with E-state index in [2.05, 4.69) is 10.6 Å². The minimum Gasteiger partial charge on any atom is -0.480 e. The van der Waals surface area contributed by atoms with Crippen LogP contribution in [0.25, 0.3) is 0 Å². The van der Waals surface area contributed by atoms with Gasteiger partial charge < -0.3 is 20.5 Å². The molecule has 17 heavy (non-hydrogen) atoms. The lowest BCUT2D eigenvalue weighted by Gasteiger charge is -2.26. The molecule has 0 aromatic carbocycles. The van der Waals surface area contributed by atoms with Crippen molar-refractivity contribution in [1.29, 1.82) is 0 Å². The van der Waals surface area contributed by atoms with Crippen molar-refractivity contribution in [1.82, 2.24) is 10.6 Å². The topological polar surface area (TPSA) is 87.7 Å². The summed E-state index contributed by atoms with van der Waals surface area (Å²) >= 11 is 0. The maximum atomic E-state index is 11.6. The number of hydrogen-bond acceptors (Lipinski definition) is 3. The molecule has 0 aromatic heterocycles. The molecule has 0 aromatic rings. The second-order valence-corrected chi connectivity index (χ2v) is 4.15. The van der Waals surface area contributed by atoms with Crippen LogP contribution in [0.1, 0.15) is 33.6 Å². The summed E-state index contributed by atoms with van der Waals surface area (Å²) in [4.78, 5) is 22.6. The lowest BCUT2D eigenvalue weighted by Crippen LogP contribution is -2.56. The number of carboxylic acids is 1. The van der Waals surface area contributed by atoms with E-state index in [1.807, 2.05) is 6.92 Å². The Morgan fingerprint density at radius 2 is 2.00 bits per heavy atom. The van der Waals surface area contributed by atoms with E-state index >= 15 is 0 Å². The standard InChI is InChI=1S/C11H22N2O4/c1-5-8(7-17-4)12-10(16)13-11(3,6-2)9(14)15/h8H,5-7H2,1-4H3,(H,14,15)(H2,12,13,16). The molecule has 0 heterocycles. The van der Waals surface area contributed by atoms with Gasteiger partial charge in [0.15, 0.2) is 0 Å². The second kappa shape index (κ2) is 7.11. The van der Waals surface area contributed by atoms with Gasteiger partial charge in [-0.15, -0.1) is 0 Å². The summed E-state index contributed by atoms with van der Waals surface area (Å²) in [6, 6.07) is -0.601. The molecule has 0 aliphatic carbocycles. The van der Waals surface area contributed by atoms with Crippen molar-refractivity contribution in [2.45, 2.75) is 45.2 Å². The van der Waals surface area contributed by atoms with Crippen LogP contribution in [0.4, 0.5) is 4.79 Å². The summed E-state index contributed by atoms with van der Waals surface area (Å²) in [6.07, 6.45) is 1.04. The monoisotopic (exact) mass is 246 g/mol. The number of methoxy groups -OCH3 is 1. The fourth-order valence-electron chi connectivity index (χ4n) is 1.23. The quantitative estimate of drug-likeness (QED) is 0.624. The zero-order chi connectivity index (χ0) is 13.5. The Bertz CT molecular complexity index is 270. The van der Waals surface area contributed by atoms with Gasteiger partial charge in [0.25, 0.3) is 0 Å². The van der Waals surface area contributed by atoms with Crippen LogP contribution in [0.3, 0.4) is 0 Å². The molecule has 0 radical (unpaired) electrons. The third-order valence-electron chi connectivity index (χ3n) is 2.76. The lowest BCUT2D eigenvalue weighted by atomic mass is 10.00. The Labute approximate surface area is 102 Å². The molecule has 3 N–H and O–H groups in total. The number of rotatable bonds is 7. The summed E-state index contributed by atoms with van der Waals surface area (Å²) in [7, 11) is 1.55. The number of urea groups is 1. The first-order valence-corrected chi connectivity index (χ1v) is 5.70. The van der Waals surface area contributed by atoms with E-state index in [1.54, 1.807) is 14.0 Å². The van der Waals surface area contributed by atoms with Gasteiger partial charge in [-0.3, -0.25) is 0 Å². The van der Waals surface area contributed by atoms with Crippen LogP contribution < -0.4 is 10.6 Å². The summed E-state index contributed by atoms with van der Waals surface area (Å²) in [6.45, 7) is 5.51. The van der Waals surface area contributed by atoms with Gasteiger partial charge in [-0.2, -0.15) is 0 Å². The third-order valence-corrected chi connectivity index (χ3v) is 2.76. The largest absolute Gasteiger partial charge is 0.480 e. The van der Waals surface area contributed by atoms with Gasteiger partial charge in [0.05, 0.1) is 12.6 Å². The minimum atomic E-state index is -1.24. The van der Waals surface area contributed by atoms with Crippen LogP contribution in [-0.2, 0) is 9.53 Å². The zero-order valence-electron chi connectivity index (χ0n) is 10.9. The molecular weight excluding hydrogens is 224 g/mol. The highest BCUT2D eigenvalue weighted by Crippen LogP contribution is 2.08. The molecule has 100 valence electrons. The van der Waals surface area contributed by atoms with E-state index in [0.717, 1.165) is 6.42 Å². The van der Waals surface area contributed by atoms with E-state index in [9.17, 15) is 9.59 Å². The number of carbonyl (C=O) groups is 2. The molecule has 0 aliphatic rings. The van der Waals surface area contributed by atoms with Gasteiger partial charge in [0, 0.05) is 7.11 Å². The van der Waals surface area contributed by atoms with Gasteiger partial charge in [-0.1, -0.05) is 13.8 Å². The molecule has 6 heteroatoms. The molecular formula is C11H22N2O4. The number of ether oxygens (including phenoxy) is 1. The summed E-state index contributed by atoms with van der Waals surface area (Å²) in [5.74, 6) is -1.05. The van der Waals surface area contributed by atoms with Crippen LogP contribution in [0.2, 0.25) is 0 Å². The van der Waals surface area contributed by atoms with Crippen LogP contribution in [0, 0.1) is 0 Å². The molecule has 2 atom stereocenters. The molecule has 2 unspecified atom stereocenters. The molecule has 0 spiro atoms. The summed E-state index contributed by atoms with van der Waals surface area (Å²) in [5, 5.41) is 14.1. The van der Waals surface area contributed by atoms with Crippen molar-refractivity contribution in [2.24, 2.45) is 0 Å². The Kier molecular flexibility index (Phi) is 6.57. The number of hydrogen-bond donors (Lipinski definition) is 3. The fraction of sp³-hybridized carbons (Fsp3) is 0.818. The molecule has 0 aliphatic heterocycles. The van der Waals surface area contributed by atoms with Crippen molar-refractivity contribution in [3.8, 4) is 0 Å². The number of aliphatic carboxylic acids is 1. The maximum Gasteiger partial charge on any atom is 0.329 e. The Hall–Kier alpha value is -1.30. The first kappa shape index (κ1) is 15.7. The SMILES string of the molecule is CCC(COC)NC(=O)NC(C)(CC)C(=O)O. The molecule has 0 saturated heterocycles. The maximum absolute atomic E-state index is 11.6. The average Bonchev–Trinajstić information content (AvgIpc) is 2.27. The molecule has 0 bridgehead atoms. The second-order valence-electron chi connectivity index (χ2n) is 4.15. The highest BCUT2D eigenvalue weighted by atomic mass is 16.5. The smallest absolute Gasteiger partial charge is 0.329 e. The Balaban J connectivity index is 4.38. The van der Waals surface area contributed by atoms with Crippen LogP contribution in [-0.4, -0.2) is 42.4 Å². The fourth-order valence-corrected chi connectivity index (χ4v) is 1.23. The van der Waals surface area contributed by atoms with Crippen molar-refractivity contribution in [2.75, 3.05) is 13.7 Å². The number of nitrogens with one attached hydrogen (secondary N) is 2. The Morgan fingerprint density at radius 1 is 1.41 bits per heavy atom. The van der Waals surface area contributed by atoms with Gasteiger partial charge >= 0.3 is 12.0 Å². The first-order valence-electron chi connectivity index (χ1n) is 5.70. The van der Waals surface area contributed by atoms with Crippen molar-refractivity contribution >= 4 is 12.0 Å². The van der Waals surface area contributed by atoms with Crippen LogP contribution in [0.15, 0.2) is 0 Å². The van der Waals surface area contributed by atoms with E-state index < -0.39 is 17.5 Å². The van der Waals surface area contributed by atoms with Crippen LogP contribution >= 0.6 is 0 Å². The summed E-state index contributed by atoms with van der Waals surface area (Å²) < 4.78 is 4.94. The zero-order valence-corrected chi connectivity index (χ0v) is 10.9. The van der Waals surface area contributed by atoms with Gasteiger partial charge in [0.2, 0.25) is 0 Å². The lowest BCUT2D eigenvalue weighted by molar-refractivity contribution is -0.143. The van der Waals surface area contributed by atoms with E-state index in [0.29, 0.717) is 13.0 Å². The number of amides is 2. The highest BCUT2D eigenvalue weighted by Gasteiger charge is 2.33. The third kappa shape index (κ3) is 5.04. The van der Waals surface area contributed by atoms with Crippen molar-refractivity contribution < 1.29 is 19.4 Å². The predicted molar refractivity (Wildman–Crippen MR) is 64.0 cm³/mol. The van der Waals surface area contributed by atoms with Crippen molar-refractivity contribution in [3.05, 3.63) is 0 Å². The summed E-state index contributed by atoms with van der Waals surface area (Å²) in [5.41, 5.74) is -1.24. The van der Waals surface area contributed by atoms with Crippen LogP contribution in [0.5, 0.6) is 0 Å². The van der Waals surface area contributed by atoms with E-state index in [4.69, 9.17) is 9.84 Å².